The van der Waals surface area contributed by atoms with Crippen LogP contribution in [0.4, 0.5) is 0 Å². The van der Waals surface area contributed by atoms with Crippen LogP contribution < -0.4 is 0 Å². The lowest BCUT2D eigenvalue weighted by atomic mass is 9.85. The van der Waals surface area contributed by atoms with E-state index in [2.05, 4.69) is 30.4 Å². The standard InChI is InChI=1S/C20H17NO2/c22-19-17-13-8-9-14(10-13)18(17)20(23)21(19)11-15-6-3-5-12-4-1-2-7-16(12)15/h1-9,13-14,17-18H,10-11H2/t13-,14+,17-,18-/m0/s1. The van der Waals surface area contributed by atoms with Gasteiger partial charge in [0.15, 0.2) is 0 Å². The van der Waals surface area contributed by atoms with Gasteiger partial charge in [0.2, 0.25) is 11.8 Å². The third kappa shape index (κ3) is 1.70. The Morgan fingerprint density at radius 2 is 1.52 bits per heavy atom. The number of nitrogens with zero attached hydrogens (tertiary/aromatic N) is 1. The number of benzene rings is 2. The first-order valence-electron chi connectivity index (χ1n) is 8.24. The van der Waals surface area contributed by atoms with Crippen LogP contribution in [0, 0.1) is 23.7 Å². The van der Waals surface area contributed by atoms with Crippen LogP contribution >= 0.6 is 0 Å². The van der Waals surface area contributed by atoms with Crippen molar-refractivity contribution in [2.75, 3.05) is 0 Å². The molecule has 3 nitrogen and oxygen atoms in total. The zero-order chi connectivity index (χ0) is 15.6. The molecule has 5 rings (SSSR count). The minimum atomic E-state index is -0.104. The molecule has 2 aliphatic carbocycles. The number of hydrogen-bond donors (Lipinski definition) is 0. The Balaban J connectivity index is 1.51. The number of amides is 2. The molecule has 3 heteroatoms. The number of imide groups is 1. The quantitative estimate of drug-likeness (QED) is 0.631. The summed E-state index contributed by atoms with van der Waals surface area (Å²) in [6, 6.07) is 14.2. The van der Waals surface area contributed by atoms with E-state index >= 15 is 0 Å². The van der Waals surface area contributed by atoms with E-state index in [9.17, 15) is 9.59 Å². The summed E-state index contributed by atoms with van der Waals surface area (Å²) in [5, 5.41) is 2.26. The van der Waals surface area contributed by atoms with Crippen LogP contribution in [0.5, 0.6) is 0 Å². The molecule has 1 saturated carbocycles. The predicted octanol–water partition coefficient (Wildman–Crippen LogP) is 3.15. The number of rotatable bonds is 2. The Morgan fingerprint density at radius 3 is 2.26 bits per heavy atom. The van der Waals surface area contributed by atoms with Gasteiger partial charge in [-0.3, -0.25) is 14.5 Å². The van der Waals surface area contributed by atoms with Crippen molar-refractivity contribution in [3.63, 3.8) is 0 Å². The lowest BCUT2D eigenvalue weighted by Crippen LogP contribution is -2.32. The van der Waals surface area contributed by atoms with Crippen LogP contribution in [-0.2, 0) is 16.1 Å². The molecular formula is C20H17NO2. The van der Waals surface area contributed by atoms with Crippen LogP contribution in [-0.4, -0.2) is 16.7 Å². The van der Waals surface area contributed by atoms with Crippen LogP contribution in [0.2, 0.25) is 0 Å². The first kappa shape index (κ1) is 13.1. The summed E-state index contributed by atoms with van der Waals surface area (Å²) >= 11 is 0. The molecule has 114 valence electrons. The second-order valence-electron chi connectivity index (χ2n) is 6.90. The average molecular weight is 303 g/mol. The summed E-state index contributed by atoms with van der Waals surface area (Å²) in [5.41, 5.74) is 1.05. The van der Waals surface area contributed by atoms with Crippen molar-refractivity contribution in [1.82, 2.24) is 4.90 Å². The van der Waals surface area contributed by atoms with Crippen molar-refractivity contribution >= 4 is 22.6 Å². The highest BCUT2D eigenvalue weighted by atomic mass is 16.2. The maximum atomic E-state index is 12.8. The van der Waals surface area contributed by atoms with Crippen molar-refractivity contribution in [2.45, 2.75) is 13.0 Å². The maximum absolute atomic E-state index is 12.8. The van der Waals surface area contributed by atoms with Gasteiger partial charge >= 0.3 is 0 Å². The molecule has 2 bridgehead atoms. The summed E-state index contributed by atoms with van der Waals surface area (Å²) in [6.07, 6.45) is 5.26. The van der Waals surface area contributed by atoms with Crippen molar-refractivity contribution in [3.8, 4) is 0 Å². The van der Waals surface area contributed by atoms with Crippen LogP contribution in [0.25, 0.3) is 10.8 Å². The number of carbonyl (C=O) groups is 2. The van der Waals surface area contributed by atoms with Gasteiger partial charge in [0.1, 0.15) is 0 Å². The van der Waals surface area contributed by atoms with Gasteiger partial charge in [-0.05, 0) is 34.6 Å². The summed E-state index contributed by atoms with van der Waals surface area (Å²) < 4.78 is 0. The van der Waals surface area contributed by atoms with Crippen molar-refractivity contribution in [2.24, 2.45) is 23.7 Å². The number of hydrogen-bond acceptors (Lipinski definition) is 2. The minimum Gasteiger partial charge on any atom is -0.278 e. The molecule has 0 spiro atoms. The molecule has 0 radical (unpaired) electrons. The Labute approximate surface area is 134 Å². The van der Waals surface area contributed by atoms with E-state index in [1.807, 2.05) is 24.3 Å². The molecule has 2 fully saturated rings. The Hall–Kier alpha value is -2.42. The highest BCUT2D eigenvalue weighted by Gasteiger charge is 2.59. The van der Waals surface area contributed by atoms with Gasteiger partial charge in [0.25, 0.3) is 0 Å². The van der Waals surface area contributed by atoms with Gasteiger partial charge in [0, 0.05) is 0 Å². The molecule has 0 N–H and O–H groups in total. The van der Waals surface area contributed by atoms with E-state index in [1.165, 1.54) is 4.90 Å². The largest absolute Gasteiger partial charge is 0.278 e. The smallest absolute Gasteiger partial charge is 0.234 e. The Bertz CT molecular complexity index is 834. The summed E-state index contributed by atoms with van der Waals surface area (Å²) in [4.78, 5) is 27.1. The fourth-order valence-electron chi connectivity index (χ4n) is 4.72. The van der Waals surface area contributed by atoms with E-state index in [-0.39, 0.29) is 35.5 Å². The zero-order valence-corrected chi connectivity index (χ0v) is 12.7. The highest BCUT2D eigenvalue weighted by Crippen LogP contribution is 2.52. The van der Waals surface area contributed by atoms with E-state index in [1.54, 1.807) is 0 Å². The van der Waals surface area contributed by atoms with Crippen LogP contribution in [0.3, 0.4) is 0 Å². The average Bonchev–Trinajstić information content (AvgIpc) is 3.25. The van der Waals surface area contributed by atoms with Crippen LogP contribution in [0.1, 0.15) is 12.0 Å². The fourth-order valence-corrected chi connectivity index (χ4v) is 4.72. The van der Waals surface area contributed by atoms with Crippen molar-refractivity contribution < 1.29 is 9.59 Å². The van der Waals surface area contributed by atoms with E-state index in [0.717, 1.165) is 22.8 Å². The fraction of sp³-hybridized carbons (Fsp3) is 0.300. The van der Waals surface area contributed by atoms with E-state index in [0.29, 0.717) is 6.54 Å². The molecule has 3 aliphatic rings. The van der Waals surface area contributed by atoms with Gasteiger partial charge in [-0.2, -0.15) is 0 Å². The summed E-state index contributed by atoms with van der Waals surface area (Å²) in [7, 11) is 0. The molecule has 1 heterocycles. The lowest BCUT2D eigenvalue weighted by molar-refractivity contribution is -0.141. The molecule has 1 aliphatic heterocycles. The lowest BCUT2D eigenvalue weighted by Gasteiger charge is -2.18. The van der Waals surface area contributed by atoms with Gasteiger partial charge in [-0.1, -0.05) is 54.6 Å². The number of fused-ring (bicyclic) bond motifs is 6. The maximum Gasteiger partial charge on any atom is 0.234 e. The topological polar surface area (TPSA) is 37.4 Å². The monoisotopic (exact) mass is 303 g/mol. The summed E-state index contributed by atoms with van der Waals surface area (Å²) in [5.74, 6) is 0.410. The molecule has 4 atom stereocenters. The summed E-state index contributed by atoms with van der Waals surface area (Å²) in [6.45, 7) is 0.394. The van der Waals surface area contributed by atoms with Crippen molar-refractivity contribution in [1.29, 1.82) is 0 Å². The predicted molar refractivity (Wildman–Crippen MR) is 87.2 cm³/mol. The van der Waals surface area contributed by atoms with Gasteiger partial charge < -0.3 is 0 Å². The van der Waals surface area contributed by atoms with Crippen LogP contribution in [0.15, 0.2) is 54.6 Å². The Kier molecular flexibility index (Phi) is 2.58. The second-order valence-corrected chi connectivity index (χ2v) is 6.90. The number of carbonyl (C=O) groups excluding carboxylic acids is 2. The molecular weight excluding hydrogens is 286 g/mol. The normalized spacial score (nSPS) is 31.4. The van der Waals surface area contributed by atoms with Crippen molar-refractivity contribution in [3.05, 3.63) is 60.2 Å². The molecule has 0 aromatic heterocycles. The van der Waals surface area contributed by atoms with Gasteiger partial charge in [-0.15, -0.1) is 0 Å². The first-order chi connectivity index (χ1) is 11.2. The van der Waals surface area contributed by atoms with E-state index < -0.39 is 0 Å². The molecule has 23 heavy (non-hydrogen) atoms. The molecule has 0 unspecified atom stereocenters. The first-order valence-corrected chi connectivity index (χ1v) is 8.24. The third-order valence-electron chi connectivity index (χ3n) is 5.77. The molecule has 2 aromatic rings. The van der Waals surface area contributed by atoms with E-state index in [4.69, 9.17) is 0 Å². The SMILES string of the molecule is O=C1[C@@H]2[C@@H](C(=O)N1Cc1cccc3ccccc13)[C@H]1C=C[C@@H]2C1. The van der Waals surface area contributed by atoms with Gasteiger partial charge in [-0.25, -0.2) is 0 Å². The van der Waals surface area contributed by atoms with Gasteiger partial charge in [0.05, 0.1) is 18.4 Å². The third-order valence-corrected chi connectivity index (χ3v) is 5.77. The minimum absolute atomic E-state index is 0.0322. The Morgan fingerprint density at radius 1 is 0.870 bits per heavy atom. The molecule has 2 aromatic carbocycles. The molecule has 2 amide bonds. The molecule has 1 saturated heterocycles. The number of likely N-dealkylation sites (tertiary alicyclic amines) is 1. The zero-order valence-electron chi connectivity index (χ0n) is 12.7. The second kappa shape index (κ2) is 4.54. The highest BCUT2D eigenvalue weighted by molar-refractivity contribution is 6.06. The number of allylic oxidation sites excluding steroid dienone is 2.